The third kappa shape index (κ3) is 2.12. The second kappa shape index (κ2) is 5.20. The lowest BCUT2D eigenvalue weighted by Crippen LogP contribution is -2.12. The fraction of sp³-hybridized carbons (Fsp3) is 0.118. The van der Waals surface area contributed by atoms with E-state index in [9.17, 15) is 14.4 Å². The second-order valence-corrected chi connectivity index (χ2v) is 4.96. The van der Waals surface area contributed by atoms with E-state index in [1.54, 1.807) is 24.3 Å². The monoisotopic (exact) mass is 296 g/mol. The van der Waals surface area contributed by atoms with Crippen LogP contribution in [-0.4, -0.2) is 23.3 Å². The molecule has 0 bridgehead atoms. The van der Waals surface area contributed by atoms with Gasteiger partial charge >= 0.3 is 0 Å². The normalized spacial score (nSPS) is 11.0. The summed E-state index contributed by atoms with van der Waals surface area (Å²) in [6.07, 6.45) is 0. The first kappa shape index (κ1) is 14.2. The summed E-state index contributed by atoms with van der Waals surface area (Å²) in [6, 6.07) is 9.25. The molecule has 5 heteroatoms. The van der Waals surface area contributed by atoms with Crippen molar-refractivity contribution in [3.63, 3.8) is 0 Å². The number of aliphatic hydroxyl groups is 1. The summed E-state index contributed by atoms with van der Waals surface area (Å²) in [5, 5.41) is 9.40. The summed E-state index contributed by atoms with van der Waals surface area (Å²) >= 11 is 0. The minimum atomic E-state index is -0.690. The van der Waals surface area contributed by atoms with Gasteiger partial charge in [0.25, 0.3) is 0 Å². The van der Waals surface area contributed by atoms with Gasteiger partial charge in [-0.3, -0.25) is 14.4 Å². The van der Waals surface area contributed by atoms with E-state index in [2.05, 4.69) is 0 Å². The summed E-state index contributed by atoms with van der Waals surface area (Å²) in [6.45, 7) is 0.717. The summed E-state index contributed by atoms with van der Waals surface area (Å²) in [5.74, 6) is -0.721. The number of rotatable bonds is 3. The van der Waals surface area contributed by atoms with Gasteiger partial charge in [-0.2, -0.15) is 0 Å². The molecule has 0 atom stereocenters. The number of Topliss-reactive ketones (excluding diaryl/α,β-unsaturated/α-hetero) is 2. The zero-order valence-electron chi connectivity index (χ0n) is 11.8. The highest BCUT2D eigenvalue weighted by Crippen LogP contribution is 2.22. The van der Waals surface area contributed by atoms with Crippen LogP contribution in [0.2, 0.25) is 0 Å². The highest BCUT2D eigenvalue weighted by atomic mass is 16.3. The molecule has 3 aromatic rings. The smallest absolute Gasteiger partial charge is 0.201 e. The first-order chi connectivity index (χ1) is 10.5. The lowest BCUT2D eigenvalue weighted by Gasteiger charge is -2.06. The summed E-state index contributed by atoms with van der Waals surface area (Å²) in [7, 11) is 0. The quantitative estimate of drug-likeness (QED) is 0.592. The van der Waals surface area contributed by atoms with Crippen LogP contribution < -0.4 is 5.43 Å². The molecule has 0 aliphatic heterocycles. The molecule has 0 amide bonds. The maximum absolute atomic E-state index is 12.7. The fourth-order valence-corrected chi connectivity index (χ4v) is 2.44. The summed E-state index contributed by atoms with van der Waals surface area (Å²) in [4.78, 5) is 36.0. The Morgan fingerprint density at radius 1 is 1.14 bits per heavy atom. The van der Waals surface area contributed by atoms with Crippen molar-refractivity contribution in [2.75, 3.05) is 6.61 Å². The van der Waals surface area contributed by atoms with Crippen LogP contribution in [0.15, 0.2) is 45.6 Å². The van der Waals surface area contributed by atoms with Crippen molar-refractivity contribution in [2.45, 2.75) is 6.92 Å². The first-order valence-electron chi connectivity index (χ1n) is 6.67. The molecular formula is C17H12O5. The third-order valence-electron chi connectivity index (χ3n) is 3.55. The minimum Gasteiger partial charge on any atom is -0.456 e. The topological polar surface area (TPSA) is 84.6 Å². The van der Waals surface area contributed by atoms with Gasteiger partial charge in [-0.1, -0.05) is 12.1 Å². The van der Waals surface area contributed by atoms with Crippen LogP contribution in [0.1, 0.15) is 27.6 Å². The average Bonchev–Trinajstić information content (AvgIpc) is 2.53. The Morgan fingerprint density at radius 3 is 2.59 bits per heavy atom. The Labute approximate surface area is 124 Å². The van der Waals surface area contributed by atoms with Gasteiger partial charge in [-0.25, -0.2) is 0 Å². The molecule has 1 heterocycles. The van der Waals surface area contributed by atoms with E-state index < -0.39 is 17.8 Å². The molecular weight excluding hydrogens is 284 g/mol. The highest BCUT2D eigenvalue weighted by Gasteiger charge is 2.16. The number of aliphatic hydroxyl groups excluding tert-OH is 1. The molecule has 0 unspecified atom stereocenters. The summed E-state index contributed by atoms with van der Waals surface area (Å²) < 4.78 is 5.65. The SMILES string of the molecule is CC(=O)c1ccc2oc3cccc(C(=O)CO)c3c(=O)c2c1. The predicted octanol–water partition coefficient (Wildman–Crippen LogP) is 2.32. The van der Waals surface area contributed by atoms with Gasteiger partial charge < -0.3 is 9.52 Å². The van der Waals surface area contributed by atoms with E-state index in [0.29, 0.717) is 11.1 Å². The van der Waals surface area contributed by atoms with Gasteiger partial charge in [0.05, 0.1) is 10.8 Å². The van der Waals surface area contributed by atoms with Gasteiger partial charge in [0.1, 0.15) is 17.8 Å². The minimum absolute atomic E-state index is 0.115. The number of ketones is 2. The Kier molecular flexibility index (Phi) is 3.35. The second-order valence-electron chi connectivity index (χ2n) is 4.96. The van der Waals surface area contributed by atoms with E-state index in [1.165, 1.54) is 19.1 Å². The molecule has 0 fully saturated rings. The van der Waals surface area contributed by atoms with Gasteiger partial charge in [0.15, 0.2) is 11.6 Å². The van der Waals surface area contributed by atoms with E-state index in [1.807, 2.05) is 0 Å². The maximum atomic E-state index is 12.7. The Bertz CT molecular complexity index is 981. The molecule has 0 aliphatic carbocycles. The lowest BCUT2D eigenvalue weighted by molar-refractivity contribution is 0.0905. The highest BCUT2D eigenvalue weighted by molar-refractivity contribution is 6.09. The van der Waals surface area contributed by atoms with Crippen LogP contribution in [0.4, 0.5) is 0 Å². The van der Waals surface area contributed by atoms with Gasteiger partial charge in [0, 0.05) is 11.1 Å². The van der Waals surface area contributed by atoms with Crippen LogP contribution in [0.25, 0.3) is 21.9 Å². The number of carbonyl (C=O) groups excluding carboxylic acids is 2. The molecule has 3 rings (SSSR count). The van der Waals surface area contributed by atoms with Crippen LogP contribution in [0, 0.1) is 0 Å². The van der Waals surface area contributed by atoms with Crippen LogP contribution in [-0.2, 0) is 0 Å². The molecule has 0 saturated heterocycles. The van der Waals surface area contributed by atoms with Crippen LogP contribution in [0.5, 0.6) is 0 Å². The van der Waals surface area contributed by atoms with Crippen molar-refractivity contribution >= 4 is 33.5 Å². The number of carbonyl (C=O) groups is 2. The average molecular weight is 296 g/mol. The first-order valence-corrected chi connectivity index (χ1v) is 6.67. The Balaban J connectivity index is 2.47. The number of hydrogen-bond donors (Lipinski definition) is 1. The standard InChI is InChI=1S/C17H12O5/c1-9(19)10-5-6-14-12(7-10)17(21)16-11(13(20)8-18)3-2-4-15(16)22-14/h2-7,18H,8H2,1H3. The Morgan fingerprint density at radius 2 is 1.91 bits per heavy atom. The number of fused-ring (bicyclic) bond motifs is 2. The van der Waals surface area contributed by atoms with Gasteiger partial charge in [0.2, 0.25) is 5.43 Å². The predicted molar refractivity (Wildman–Crippen MR) is 81.4 cm³/mol. The molecule has 0 saturated carbocycles. The van der Waals surface area contributed by atoms with Crippen molar-refractivity contribution in [3.8, 4) is 0 Å². The lowest BCUT2D eigenvalue weighted by atomic mass is 10.0. The zero-order valence-corrected chi connectivity index (χ0v) is 11.8. The maximum Gasteiger partial charge on any atom is 0.201 e. The molecule has 1 aromatic heterocycles. The molecule has 0 aliphatic rings. The Hall–Kier alpha value is -2.79. The van der Waals surface area contributed by atoms with Crippen molar-refractivity contribution in [1.82, 2.24) is 0 Å². The van der Waals surface area contributed by atoms with Crippen LogP contribution >= 0.6 is 0 Å². The molecule has 5 nitrogen and oxygen atoms in total. The molecule has 110 valence electrons. The van der Waals surface area contributed by atoms with Gasteiger partial charge in [-0.15, -0.1) is 0 Å². The molecule has 0 spiro atoms. The van der Waals surface area contributed by atoms with E-state index in [0.717, 1.165) is 0 Å². The fourth-order valence-electron chi connectivity index (χ4n) is 2.44. The van der Waals surface area contributed by atoms with E-state index >= 15 is 0 Å². The van der Waals surface area contributed by atoms with Crippen molar-refractivity contribution in [3.05, 3.63) is 57.7 Å². The molecule has 0 radical (unpaired) electrons. The zero-order chi connectivity index (χ0) is 15.9. The molecule has 22 heavy (non-hydrogen) atoms. The van der Waals surface area contributed by atoms with Crippen LogP contribution in [0.3, 0.4) is 0 Å². The summed E-state index contributed by atoms with van der Waals surface area (Å²) in [5.41, 5.74) is 0.731. The number of hydrogen-bond acceptors (Lipinski definition) is 5. The van der Waals surface area contributed by atoms with E-state index in [4.69, 9.17) is 9.52 Å². The van der Waals surface area contributed by atoms with Crippen molar-refractivity contribution < 1.29 is 19.1 Å². The van der Waals surface area contributed by atoms with E-state index in [-0.39, 0.29) is 27.7 Å². The largest absolute Gasteiger partial charge is 0.456 e. The number of benzene rings is 2. The third-order valence-corrected chi connectivity index (χ3v) is 3.55. The van der Waals surface area contributed by atoms with Gasteiger partial charge in [-0.05, 0) is 31.2 Å². The molecule has 1 N–H and O–H groups in total. The van der Waals surface area contributed by atoms with Crippen molar-refractivity contribution in [2.24, 2.45) is 0 Å². The molecule has 2 aromatic carbocycles. The van der Waals surface area contributed by atoms with Crippen molar-refractivity contribution in [1.29, 1.82) is 0 Å².